The normalized spacial score (nSPS) is 15.2. The van der Waals surface area contributed by atoms with Gasteiger partial charge in [0.1, 0.15) is 0 Å². The molecule has 0 fully saturated rings. The third-order valence-corrected chi connectivity index (χ3v) is 3.76. The molecular weight excluding hydrogens is 180 g/mol. The molecular formula is C11H8OS. The number of hydrogen-bond acceptors (Lipinski definition) is 2. The van der Waals surface area contributed by atoms with Gasteiger partial charge in [-0.3, -0.25) is 4.79 Å². The molecule has 0 amide bonds. The number of fused-ring (bicyclic) bond motifs is 3. The molecule has 0 saturated heterocycles. The summed E-state index contributed by atoms with van der Waals surface area (Å²) in [6.07, 6.45) is 1.67. The van der Waals surface area contributed by atoms with Gasteiger partial charge in [0.15, 0.2) is 5.78 Å². The topological polar surface area (TPSA) is 17.1 Å². The molecule has 0 atom stereocenters. The number of aryl methyl sites for hydroxylation is 1. The maximum Gasteiger partial charge on any atom is 0.164 e. The van der Waals surface area contributed by atoms with Crippen LogP contribution in [0.15, 0.2) is 24.3 Å². The summed E-state index contributed by atoms with van der Waals surface area (Å²) in [5.41, 5.74) is 1.00. The Morgan fingerprint density at radius 2 is 2.00 bits per heavy atom. The smallest absolute Gasteiger partial charge is 0.164 e. The van der Waals surface area contributed by atoms with Gasteiger partial charge in [-0.15, -0.1) is 11.3 Å². The number of hydrogen-bond donors (Lipinski definition) is 0. The Labute approximate surface area is 80.0 Å². The zero-order valence-electron chi connectivity index (χ0n) is 7.04. The van der Waals surface area contributed by atoms with E-state index in [1.54, 1.807) is 11.3 Å². The molecule has 1 nitrogen and oxygen atoms in total. The van der Waals surface area contributed by atoms with Crippen molar-refractivity contribution in [2.24, 2.45) is 0 Å². The molecule has 1 aromatic carbocycles. The van der Waals surface area contributed by atoms with E-state index in [-0.39, 0.29) is 0 Å². The highest BCUT2D eigenvalue weighted by molar-refractivity contribution is 7.19. The zero-order chi connectivity index (χ0) is 8.84. The van der Waals surface area contributed by atoms with Crippen molar-refractivity contribution >= 4 is 27.2 Å². The van der Waals surface area contributed by atoms with Gasteiger partial charge < -0.3 is 0 Å². The van der Waals surface area contributed by atoms with E-state index in [2.05, 4.69) is 6.07 Å². The van der Waals surface area contributed by atoms with Crippen molar-refractivity contribution < 1.29 is 4.79 Å². The molecule has 0 N–H and O–H groups in total. The number of Topliss-reactive ketones (excluding diaryl/α,β-unsaturated/α-hetero) is 1. The summed E-state index contributed by atoms with van der Waals surface area (Å²) in [4.78, 5) is 12.8. The summed E-state index contributed by atoms with van der Waals surface area (Å²) in [6, 6.07) is 8.17. The van der Waals surface area contributed by atoms with E-state index < -0.39 is 0 Å². The van der Waals surface area contributed by atoms with Crippen molar-refractivity contribution in [2.75, 3.05) is 0 Å². The Balaban J connectivity index is 2.46. The number of carbonyl (C=O) groups excluding carboxylic acids is 1. The zero-order valence-corrected chi connectivity index (χ0v) is 7.86. The van der Waals surface area contributed by atoms with Crippen molar-refractivity contribution in [2.45, 2.75) is 12.8 Å². The van der Waals surface area contributed by atoms with Crippen LogP contribution in [0.5, 0.6) is 0 Å². The van der Waals surface area contributed by atoms with Gasteiger partial charge in [0, 0.05) is 26.9 Å². The van der Waals surface area contributed by atoms with Crippen LogP contribution in [0.2, 0.25) is 0 Å². The van der Waals surface area contributed by atoms with Gasteiger partial charge in [-0.1, -0.05) is 18.2 Å². The highest BCUT2D eigenvalue weighted by Gasteiger charge is 2.24. The Hall–Kier alpha value is -1.15. The van der Waals surface area contributed by atoms with Crippen LogP contribution >= 0.6 is 11.3 Å². The van der Waals surface area contributed by atoms with E-state index in [9.17, 15) is 4.79 Å². The lowest BCUT2D eigenvalue weighted by atomic mass is 10.1. The standard InChI is InChI=1S/C11H8OS/c12-8-5-6-10-11(8)7-3-1-2-4-9(7)13-10/h1-4H,5-6H2. The van der Waals surface area contributed by atoms with Crippen molar-refractivity contribution in [1.82, 2.24) is 0 Å². The minimum absolute atomic E-state index is 0.326. The summed E-state index contributed by atoms with van der Waals surface area (Å²) in [6.45, 7) is 0. The average molecular weight is 188 g/mol. The van der Waals surface area contributed by atoms with Crippen LogP contribution < -0.4 is 0 Å². The van der Waals surface area contributed by atoms with Gasteiger partial charge in [0.2, 0.25) is 0 Å². The van der Waals surface area contributed by atoms with Crippen LogP contribution in [0.4, 0.5) is 0 Å². The second-order valence-electron chi connectivity index (χ2n) is 3.32. The first kappa shape index (κ1) is 7.27. The first-order chi connectivity index (χ1) is 6.36. The lowest BCUT2D eigenvalue weighted by Gasteiger charge is -1.90. The fourth-order valence-corrected chi connectivity index (χ4v) is 3.15. The number of thiophene rings is 1. The molecule has 1 aromatic heterocycles. The van der Waals surface area contributed by atoms with Crippen LogP contribution in [0.25, 0.3) is 10.1 Å². The largest absolute Gasteiger partial charge is 0.294 e. The van der Waals surface area contributed by atoms with E-state index in [0.717, 1.165) is 17.4 Å². The Morgan fingerprint density at radius 3 is 2.92 bits per heavy atom. The van der Waals surface area contributed by atoms with Crippen LogP contribution in [0.1, 0.15) is 21.7 Å². The van der Waals surface area contributed by atoms with Gasteiger partial charge in [-0.2, -0.15) is 0 Å². The molecule has 0 spiro atoms. The first-order valence-electron chi connectivity index (χ1n) is 4.40. The maximum absolute atomic E-state index is 11.5. The number of rotatable bonds is 0. The van der Waals surface area contributed by atoms with Crippen molar-refractivity contribution in [3.05, 3.63) is 34.7 Å². The van der Waals surface area contributed by atoms with Gasteiger partial charge >= 0.3 is 0 Å². The fourth-order valence-electron chi connectivity index (χ4n) is 1.93. The highest BCUT2D eigenvalue weighted by Crippen LogP contribution is 2.36. The molecule has 0 bridgehead atoms. The van der Waals surface area contributed by atoms with Gasteiger partial charge in [0.25, 0.3) is 0 Å². The maximum atomic E-state index is 11.5. The lowest BCUT2D eigenvalue weighted by molar-refractivity contribution is 0.0996. The average Bonchev–Trinajstić information content (AvgIpc) is 2.66. The molecule has 13 heavy (non-hydrogen) atoms. The minimum Gasteiger partial charge on any atom is -0.294 e. The molecule has 2 heteroatoms. The monoisotopic (exact) mass is 188 g/mol. The third-order valence-electron chi connectivity index (χ3n) is 2.53. The Kier molecular flexibility index (Phi) is 1.35. The van der Waals surface area contributed by atoms with Gasteiger partial charge in [-0.25, -0.2) is 0 Å². The number of ketones is 1. The molecule has 0 unspecified atom stereocenters. The summed E-state index contributed by atoms with van der Waals surface area (Å²) < 4.78 is 1.25. The van der Waals surface area contributed by atoms with Crippen LogP contribution in [-0.2, 0) is 6.42 Å². The molecule has 0 radical (unpaired) electrons. The summed E-state index contributed by atoms with van der Waals surface area (Å²) in [7, 11) is 0. The molecule has 1 aliphatic carbocycles. The first-order valence-corrected chi connectivity index (χ1v) is 5.21. The molecule has 3 rings (SSSR count). The summed E-state index contributed by atoms with van der Waals surface area (Å²) in [5.74, 6) is 0.326. The molecule has 1 heterocycles. The number of carbonyl (C=O) groups is 1. The number of benzene rings is 1. The second kappa shape index (κ2) is 2.42. The Bertz CT molecular complexity index is 496. The molecule has 0 aliphatic heterocycles. The van der Waals surface area contributed by atoms with Crippen molar-refractivity contribution in [3.63, 3.8) is 0 Å². The van der Waals surface area contributed by atoms with Crippen molar-refractivity contribution in [1.29, 1.82) is 0 Å². The van der Waals surface area contributed by atoms with E-state index in [1.807, 2.05) is 18.2 Å². The second-order valence-corrected chi connectivity index (χ2v) is 4.46. The fraction of sp³-hybridized carbons (Fsp3) is 0.182. The van der Waals surface area contributed by atoms with E-state index in [1.165, 1.54) is 9.58 Å². The van der Waals surface area contributed by atoms with Crippen LogP contribution in [0.3, 0.4) is 0 Å². The molecule has 1 aliphatic rings. The van der Waals surface area contributed by atoms with Crippen LogP contribution in [-0.4, -0.2) is 5.78 Å². The highest BCUT2D eigenvalue weighted by atomic mass is 32.1. The van der Waals surface area contributed by atoms with E-state index in [0.29, 0.717) is 12.2 Å². The van der Waals surface area contributed by atoms with E-state index >= 15 is 0 Å². The van der Waals surface area contributed by atoms with Gasteiger partial charge in [-0.05, 0) is 12.5 Å². The predicted molar refractivity (Wildman–Crippen MR) is 54.5 cm³/mol. The third kappa shape index (κ3) is 0.893. The molecule has 0 saturated carbocycles. The molecule has 2 aromatic rings. The van der Waals surface area contributed by atoms with Crippen LogP contribution in [0, 0.1) is 0 Å². The minimum atomic E-state index is 0.326. The summed E-state index contributed by atoms with van der Waals surface area (Å²) in [5, 5.41) is 1.16. The summed E-state index contributed by atoms with van der Waals surface area (Å²) >= 11 is 1.77. The predicted octanol–water partition coefficient (Wildman–Crippen LogP) is 3.03. The SMILES string of the molecule is O=C1CCc2sc3ccccc3c21. The van der Waals surface area contributed by atoms with Gasteiger partial charge in [0.05, 0.1) is 0 Å². The lowest BCUT2D eigenvalue weighted by Crippen LogP contribution is -1.89. The quantitative estimate of drug-likeness (QED) is 0.621. The van der Waals surface area contributed by atoms with E-state index in [4.69, 9.17) is 0 Å². The molecule has 64 valence electrons. The Morgan fingerprint density at radius 1 is 1.15 bits per heavy atom. The van der Waals surface area contributed by atoms with Crippen molar-refractivity contribution in [3.8, 4) is 0 Å².